The summed E-state index contributed by atoms with van der Waals surface area (Å²) in [6.45, 7) is 9.76. The number of piperidine rings is 1. The number of rotatable bonds is 4. The highest BCUT2D eigenvalue weighted by atomic mass is 16.4. The highest BCUT2D eigenvalue weighted by Crippen LogP contribution is 2.26. The Bertz CT molecular complexity index is 393. The van der Waals surface area contributed by atoms with E-state index in [1.165, 1.54) is 0 Å². The average Bonchev–Trinajstić information content (AvgIpc) is 2.35. The third kappa shape index (κ3) is 5.35. The normalized spacial score (nSPS) is 20.9. The number of nitrogens with zero attached hydrogens (tertiary/aromatic N) is 1. The van der Waals surface area contributed by atoms with Crippen molar-refractivity contribution in [1.29, 1.82) is 0 Å². The first-order valence-electron chi connectivity index (χ1n) is 7.39. The zero-order valence-electron chi connectivity index (χ0n) is 13.1. The first kappa shape index (κ1) is 16.7. The number of allylic oxidation sites excluding steroid dienone is 1. The molecular weight excluding hydrogens is 254 g/mol. The van der Waals surface area contributed by atoms with Gasteiger partial charge in [0.15, 0.2) is 0 Å². The lowest BCUT2D eigenvalue weighted by molar-refractivity contribution is -0.137. The lowest BCUT2D eigenvalue weighted by atomic mass is 9.87. The van der Waals surface area contributed by atoms with Gasteiger partial charge in [-0.3, -0.25) is 9.59 Å². The van der Waals surface area contributed by atoms with Gasteiger partial charge in [-0.1, -0.05) is 26.3 Å². The summed E-state index contributed by atoms with van der Waals surface area (Å²) in [7, 11) is 0. The second-order valence-electron chi connectivity index (χ2n) is 6.80. The van der Waals surface area contributed by atoms with Gasteiger partial charge < -0.3 is 10.0 Å². The van der Waals surface area contributed by atoms with Gasteiger partial charge >= 0.3 is 5.97 Å². The fourth-order valence-corrected chi connectivity index (χ4v) is 2.32. The van der Waals surface area contributed by atoms with Crippen molar-refractivity contribution in [2.75, 3.05) is 13.1 Å². The molecule has 0 bridgehead atoms. The molecule has 114 valence electrons. The summed E-state index contributed by atoms with van der Waals surface area (Å²) in [6, 6.07) is 0. The van der Waals surface area contributed by atoms with Crippen LogP contribution < -0.4 is 0 Å². The van der Waals surface area contributed by atoms with Crippen LogP contribution in [-0.4, -0.2) is 35.0 Å². The molecule has 1 aliphatic heterocycles. The molecular formula is C16H27NO3. The average molecular weight is 281 g/mol. The number of likely N-dealkylation sites (tertiary alicyclic amines) is 1. The first-order chi connectivity index (χ1) is 9.20. The van der Waals surface area contributed by atoms with Gasteiger partial charge in [0.25, 0.3) is 0 Å². The van der Waals surface area contributed by atoms with Crippen LogP contribution in [0, 0.1) is 11.3 Å². The van der Waals surface area contributed by atoms with Crippen LogP contribution in [0.4, 0.5) is 0 Å². The maximum atomic E-state index is 12.3. The fourth-order valence-electron chi connectivity index (χ4n) is 2.32. The van der Waals surface area contributed by atoms with E-state index in [1.807, 2.05) is 11.8 Å². The van der Waals surface area contributed by atoms with Crippen molar-refractivity contribution in [3.63, 3.8) is 0 Å². The van der Waals surface area contributed by atoms with Crippen molar-refractivity contribution in [2.45, 2.75) is 53.4 Å². The lowest BCUT2D eigenvalue weighted by Crippen LogP contribution is -2.39. The van der Waals surface area contributed by atoms with Gasteiger partial charge in [0, 0.05) is 25.6 Å². The Morgan fingerprint density at radius 1 is 1.35 bits per heavy atom. The van der Waals surface area contributed by atoms with Gasteiger partial charge in [0.1, 0.15) is 0 Å². The second-order valence-corrected chi connectivity index (χ2v) is 6.80. The number of carboxylic acids is 1. The van der Waals surface area contributed by atoms with E-state index in [9.17, 15) is 9.59 Å². The Kier molecular flexibility index (Phi) is 5.78. The smallest absolute Gasteiger partial charge is 0.303 e. The molecule has 0 spiro atoms. The summed E-state index contributed by atoms with van der Waals surface area (Å²) in [5.41, 5.74) is 1.09. The molecule has 0 radical (unpaired) electrons. The van der Waals surface area contributed by atoms with E-state index in [1.54, 1.807) is 6.08 Å². The number of hydrogen-bond acceptors (Lipinski definition) is 2. The summed E-state index contributed by atoms with van der Waals surface area (Å²) in [5, 5.41) is 8.74. The quantitative estimate of drug-likeness (QED) is 0.806. The first-order valence-corrected chi connectivity index (χ1v) is 7.39. The van der Waals surface area contributed by atoms with Crippen LogP contribution in [0.2, 0.25) is 0 Å². The molecule has 1 N–H and O–H groups in total. The number of hydrogen-bond donors (Lipinski definition) is 1. The topological polar surface area (TPSA) is 57.6 Å². The predicted molar refractivity (Wildman–Crippen MR) is 79.4 cm³/mol. The number of amides is 1. The van der Waals surface area contributed by atoms with Crippen LogP contribution in [0.15, 0.2) is 11.6 Å². The summed E-state index contributed by atoms with van der Waals surface area (Å²) >= 11 is 0. The van der Waals surface area contributed by atoms with Gasteiger partial charge in [-0.25, -0.2) is 0 Å². The number of aliphatic carboxylic acids is 1. The highest BCUT2D eigenvalue weighted by Gasteiger charge is 2.24. The van der Waals surface area contributed by atoms with E-state index >= 15 is 0 Å². The van der Waals surface area contributed by atoms with Crippen molar-refractivity contribution in [3.8, 4) is 0 Å². The van der Waals surface area contributed by atoms with Gasteiger partial charge in [0.2, 0.25) is 5.91 Å². The molecule has 1 aliphatic rings. The summed E-state index contributed by atoms with van der Waals surface area (Å²) in [5.74, 6) is -0.360. The molecule has 1 atom stereocenters. The Balaban J connectivity index is 2.58. The molecule has 0 aromatic carbocycles. The van der Waals surface area contributed by atoms with Gasteiger partial charge in [-0.2, -0.15) is 0 Å². The molecule has 1 saturated heterocycles. The minimum Gasteiger partial charge on any atom is -0.481 e. The monoisotopic (exact) mass is 281 g/mol. The maximum Gasteiger partial charge on any atom is 0.303 e. The zero-order chi connectivity index (χ0) is 15.3. The molecule has 0 saturated carbocycles. The van der Waals surface area contributed by atoms with E-state index in [2.05, 4.69) is 20.8 Å². The predicted octanol–water partition coefficient (Wildman–Crippen LogP) is 3.08. The minimum atomic E-state index is -0.753. The molecule has 0 aromatic rings. The molecule has 0 aliphatic carbocycles. The molecule has 0 aromatic heterocycles. The molecule has 4 nitrogen and oxygen atoms in total. The van der Waals surface area contributed by atoms with Crippen LogP contribution in [0.25, 0.3) is 0 Å². The summed E-state index contributed by atoms with van der Waals surface area (Å²) < 4.78 is 0. The van der Waals surface area contributed by atoms with E-state index in [4.69, 9.17) is 5.11 Å². The molecule has 1 rings (SSSR count). The van der Waals surface area contributed by atoms with Crippen molar-refractivity contribution < 1.29 is 14.7 Å². The summed E-state index contributed by atoms with van der Waals surface area (Å²) in [6.07, 6.45) is 4.60. The van der Waals surface area contributed by atoms with Crippen molar-refractivity contribution in [3.05, 3.63) is 11.6 Å². The van der Waals surface area contributed by atoms with Crippen LogP contribution in [0.1, 0.15) is 53.4 Å². The molecule has 4 heteroatoms. The third-order valence-corrected chi connectivity index (χ3v) is 4.12. The zero-order valence-corrected chi connectivity index (χ0v) is 13.1. The van der Waals surface area contributed by atoms with Crippen molar-refractivity contribution in [1.82, 2.24) is 4.90 Å². The van der Waals surface area contributed by atoms with Crippen LogP contribution in [-0.2, 0) is 9.59 Å². The van der Waals surface area contributed by atoms with E-state index in [0.29, 0.717) is 18.9 Å². The second kappa shape index (κ2) is 6.91. The van der Waals surface area contributed by atoms with Crippen LogP contribution >= 0.6 is 0 Å². The highest BCUT2D eigenvalue weighted by molar-refractivity contribution is 5.88. The Morgan fingerprint density at radius 2 is 2.00 bits per heavy atom. The largest absolute Gasteiger partial charge is 0.481 e. The van der Waals surface area contributed by atoms with Gasteiger partial charge in [-0.05, 0) is 37.5 Å². The van der Waals surface area contributed by atoms with Crippen LogP contribution in [0.5, 0.6) is 0 Å². The fraction of sp³-hybridized carbons (Fsp3) is 0.750. The number of carboxylic acid groups (broad SMARTS) is 1. The third-order valence-electron chi connectivity index (χ3n) is 4.12. The lowest BCUT2D eigenvalue weighted by Gasteiger charge is -2.32. The standard InChI is InChI=1S/C16H27NO3/c1-12(16(2,3)4)10-14(18)17-9-5-6-13(11-17)7-8-15(19)20/h10,13H,5-9,11H2,1-4H3,(H,19,20)/b12-10+. The molecule has 1 heterocycles. The van der Waals surface area contributed by atoms with Gasteiger partial charge in [-0.15, -0.1) is 0 Å². The number of carbonyl (C=O) groups is 2. The van der Waals surface area contributed by atoms with Crippen molar-refractivity contribution in [2.24, 2.45) is 11.3 Å². The van der Waals surface area contributed by atoms with Crippen molar-refractivity contribution >= 4 is 11.9 Å². The maximum absolute atomic E-state index is 12.3. The van der Waals surface area contributed by atoms with Gasteiger partial charge in [0.05, 0.1) is 0 Å². The minimum absolute atomic E-state index is 0.00809. The molecule has 1 amide bonds. The molecule has 1 fully saturated rings. The molecule has 20 heavy (non-hydrogen) atoms. The SMILES string of the molecule is C/C(=C\C(=O)N1CCCC(CCC(=O)O)C1)C(C)(C)C. The molecule has 1 unspecified atom stereocenters. The van der Waals surface area contributed by atoms with E-state index in [0.717, 1.165) is 25.0 Å². The number of carbonyl (C=O) groups excluding carboxylic acids is 1. The van der Waals surface area contributed by atoms with E-state index < -0.39 is 5.97 Å². The Morgan fingerprint density at radius 3 is 2.55 bits per heavy atom. The Hall–Kier alpha value is -1.32. The summed E-state index contributed by atoms with van der Waals surface area (Å²) in [4.78, 5) is 24.8. The Labute approximate surface area is 121 Å². The van der Waals surface area contributed by atoms with Crippen LogP contribution in [0.3, 0.4) is 0 Å². The van der Waals surface area contributed by atoms with E-state index in [-0.39, 0.29) is 17.7 Å².